The monoisotopic (exact) mass is 346 g/mol. The lowest BCUT2D eigenvalue weighted by molar-refractivity contribution is 0.581. The minimum absolute atomic E-state index is 0.0581. The summed E-state index contributed by atoms with van der Waals surface area (Å²) < 4.78 is 40.4. The number of hydrogen-bond donors (Lipinski definition) is 2. The van der Waals surface area contributed by atoms with Crippen LogP contribution in [0, 0.1) is 17.5 Å². The van der Waals surface area contributed by atoms with Gasteiger partial charge in [0, 0.05) is 12.6 Å². The van der Waals surface area contributed by atoms with Crippen LogP contribution in [0.25, 0.3) is 0 Å². The molecule has 0 spiro atoms. The van der Waals surface area contributed by atoms with E-state index >= 15 is 0 Å². The predicted molar refractivity (Wildman–Crippen MR) is 73.5 cm³/mol. The zero-order chi connectivity index (χ0) is 14.7. The molecule has 8 heteroatoms. The summed E-state index contributed by atoms with van der Waals surface area (Å²) in [5.74, 6) is -2.34. The molecule has 0 fully saturated rings. The second-order valence-electron chi connectivity index (χ2n) is 3.79. The highest BCUT2D eigenvalue weighted by Crippen LogP contribution is 2.26. The van der Waals surface area contributed by atoms with Crippen molar-refractivity contribution in [3.05, 3.63) is 40.3 Å². The SMILES string of the molecule is CCNc1ncc(F)c(Nc2cc(Br)c(F)cc2F)n1. The highest BCUT2D eigenvalue weighted by Gasteiger charge is 2.12. The molecule has 2 aromatic rings. The van der Waals surface area contributed by atoms with Crippen molar-refractivity contribution in [3.8, 4) is 0 Å². The van der Waals surface area contributed by atoms with Crippen LogP contribution in [0.1, 0.15) is 6.92 Å². The molecular formula is C12H10BrF3N4. The fourth-order valence-electron chi connectivity index (χ4n) is 1.44. The maximum absolute atomic E-state index is 13.6. The van der Waals surface area contributed by atoms with Gasteiger partial charge in [-0.25, -0.2) is 18.2 Å². The summed E-state index contributed by atoms with van der Waals surface area (Å²) in [5, 5.41) is 5.27. The Balaban J connectivity index is 2.34. The minimum atomic E-state index is -0.853. The molecule has 1 heterocycles. The van der Waals surface area contributed by atoms with Crippen LogP contribution in [0.3, 0.4) is 0 Å². The third kappa shape index (κ3) is 3.19. The molecule has 0 unspecified atom stereocenters. The lowest BCUT2D eigenvalue weighted by Crippen LogP contribution is -2.06. The topological polar surface area (TPSA) is 49.8 Å². The smallest absolute Gasteiger partial charge is 0.224 e. The van der Waals surface area contributed by atoms with E-state index < -0.39 is 17.5 Å². The molecule has 1 aromatic heterocycles. The van der Waals surface area contributed by atoms with Gasteiger partial charge >= 0.3 is 0 Å². The number of benzene rings is 1. The number of aromatic nitrogens is 2. The number of anilines is 3. The third-order valence-electron chi connectivity index (χ3n) is 2.34. The normalized spacial score (nSPS) is 10.4. The Morgan fingerprint density at radius 1 is 1.15 bits per heavy atom. The molecule has 0 radical (unpaired) electrons. The lowest BCUT2D eigenvalue weighted by Gasteiger charge is -2.10. The highest BCUT2D eigenvalue weighted by molar-refractivity contribution is 9.10. The van der Waals surface area contributed by atoms with Crippen molar-refractivity contribution >= 4 is 33.4 Å². The number of rotatable bonds is 4. The van der Waals surface area contributed by atoms with E-state index in [9.17, 15) is 13.2 Å². The summed E-state index contributed by atoms with van der Waals surface area (Å²) in [5.41, 5.74) is -0.0988. The highest BCUT2D eigenvalue weighted by atomic mass is 79.9. The molecule has 0 atom stereocenters. The third-order valence-corrected chi connectivity index (χ3v) is 2.95. The quantitative estimate of drug-likeness (QED) is 0.826. The van der Waals surface area contributed by atoms with Gasteiger partial charge in [0.1, 0.15) is 11.6 Å². The summed E-state index contributed by atoms with van der Waals surface area (Å²) >= 11 is 2.93. The Bertz CT molecular complexity index is 636. The molecule has 20 heavy (non-hydrogen) atoms. The van der Waals surface area contributed by atoms with Crippen LogP contribution >= 0.6 is 15.9 Å². The standard InChI is InChI=1S/C12H10BrF3N4/c1-2-17-12-18-5-9(16)11(20-12)19-10-3-6(13)7(14)4-8(10)15/h3-5H,2H2,1H3,(H2,17,18,19,20). The molecule has 0 saturated carbocycles. The summed E-state index contributed by atoms with van der Waals surface area (Å²) in [6, 6.07) is 1.86. The second-order valence-corrected chi connectivity index (χ2v) is 4.65. The van der Waals surface area contributed by atoms with Gasteiger partial charge in [0.15, 0.2) is 11.6 Å². The molecule has 0 amide bonds. The van der Waals surface area contributed by atoms with E-state index in [1.54, 1.807) is 0 Å². The fraction of sp³-hybridized carbons (Fsp3) is 0.167. The minimum Gasteiger partial charge on any atom is -0.354 e. The van der Waals surface area contributed by atoms with Gasteiger partial charge in [-0.3, -0.25) is 0 Å². The van der Waals surface area contributed by atoms with Gasteiger partial charge in [0.25, 0.3) is 0 Å². The van der Waals surface area contributed by atoms with Gasteiger partial charge in [-0.1, -0.05) is 0 Å². The van der Waals surface area contributed by atoms with Gasteiger partial charge in [-0.05, 0) is 28.9 Å². The van der Waals surface area contributed by atoms with Crippen LogP contribution in [-0.2, 0) is 0 Å². The van der Waals surface area contributed by atoms with E-state index in [4.69, 9.17) is 0 Å². The molecule has 2 N–H and O–H groups in total. The number of halogens is 4. The molecular weight excluding hydrogens is 337 g/mol. The van der Waals surface area contributed by atoms with Crippen molar-refractivity contribution in [2.75, 3.05) is 17.2 Å². The van der Waals surface area contributed by atoms with Crippen molar-refractivity contribution < 1.29 is 13.2 Å². The van der Waals surface area contributed by atoms with Crippen molar-refractivity contribution in [1.82, 2.24) is 9.97 Å². The Hall–Kier alpha value is -1.83. The average Bonchev–Trinajstić information content (AvgIpc) is 2.40. The van der Waals surface area contributed by atoms with Crippen molar-refractivity contribution in [1.29, 1.82) is 0 Å². The van der Waals surface area contributed by atoms with Crippen molar-refractivity contribution in [2.45, 2.75) is 6.92 Å². The van der Waals surface area contributed by atoms with Crippen LogP contribution in [0.5, 0.6) is 0 Å². The first kappa shape index (κ1) is 14.6. The Morgan fingerprint density at radius 3 is 2.60 bits per heavy atom. The zero-order valence-electron chi connectivity index (χ0n) is 10.3. The Morgan fingerprint density at radius 2 is 1.90 bits per heavy atom. The van der Waals surface area contributed by atoms with Crippen molar-refractivity contribution in [2.24, 2.45) is 0 Å². The number of nitrogens with one attached hydrogen (secondary N) is 2. The van der Waals surface area contributed by atoms with E-state index in [0.717, 1.165) is 6.20 Å². The van der Waals surface area contributed by atoms with Crippen molar-refractivity contribution in [3.63, 3.8) is 0 Å². The van der Waals surface area contributed by atoms with Crippen LogP contribution in [-0.4, -0.2) is 16.5 Å². The Kier molecular flexibility index (Phi) is 4.43. The molecule has 4 nitrogen and oxygen atoms in total. The van der Waals surface area contributed by atoms with Crippen LogP contribution < -0.4 is 10.6 Å². The molecule has 106 valence electrons. The van der Waals surface area contributed by atoms with E-state index in [1.165, 1.54) is 6.07 Å². The first-order chi connectivity index (χ1) is 9.51. The van der Waals surface area contributed by atoms with E-state index in [-0.39, 0.29) is 21.9 Å². The first-order valence-electron chi connectivity index (χ1n) is 5.69. The predicted octanol–water partition coefficient (Wildman–Crippen LogP) is 3.83. The first-order valence-corrected chi connectivity index (χ1v) is 6.48. The van der Waals surface area contributed by atoms with Crippen LogP contribution in [0.2, 0.25) is 0 Å². The summed E-state index contributed by atoms with van der Waals surface area (Å²) in [4.78, 5) is 7.59. The van der Waals surface area contributed by atoms with E-state index in [0.29, 0.717) is 12.6 Å². The molecule has 2 rings (SSSR count). The zero-order valence-corrected chi connectivity index (χ0v) is 11.9. The van der Waals surface area contributed by atoms with Gasteiger partial charge < -0.3 is 10.6 Å². The van der Waals surface area contributed by atoms with Gasteiger partial charge in [0.05, 0.1) is 16.4 Å². The van der Waals surface area contributed by atoms with E-state index in [2.05, 4.69) is 36.5 Å². The summed E-state index contributed by atoms with van der Waals surface area (Å²) in [6.45, 7) is 2.39. The molecule has 0 bridgehead atoms. The average molecular weight is 347 g/mol. The molecule has 0 aliphatic carbocycles. The van der Waals surface area contributed by atoms with Gasteiger partial charge in [-0.15, -0.1) is 0 Å². The summed E-state index contributed by atoms with van der Waals surface area (Å²) in [7, 11) is 0. The lowest BCUT2D eigenvalue weighted by atomic mass is 10.3. The molecule has 0 aliphatic rings. The molecule has 0 saturated heterocycles. The van der Waals surface area contributed by atoms with Gasteiger partial charge in [-0.2, -0.15) is 4.98 Å². The van der Waals surface area contributed by atoms with E-state index in [1.807, 2.05) is 6.92 Å². The number of hydrogen-bond acceptors (Lipinski definition) is 4. The Labute approximate surface area is 121 Å². The van der Waals surface area contributed by atoms with Crippen LogP contribution in [0.15, 0.2) is 22.8 Å². The van der Waals surface area contributed by atoms with Gasteiger partial charge in [0.2, 0.25) is 5.95 Å². The maximum atomic E-state index is 13.6. The molecule has 0 aliphatic heterocycles. The number of nitrogens with zero attached hydrogens (tertiary/aromatic N) is 2. The van der Waals surface area contributed by atoms with Crippen LogP contribution in [0.4, 0.5) is 30.6 Å². The largest absolute Gasteiger partial charge is 0.354 e. The summed E-state index contributed by atoms with van der Waals surface area (Å²) in [6.07, 6.45) is 0.962. The fourth-order valence-corrected chi connectivity index (χ4v) is 1.79. The second kappa shape index (κ2) is 6.08. The molecule has 1 aromatic carbocycles. The maximum Gasteiger partial charge on any atom is 0.224 e.